The maximum atomic E-state index is 5.62. The van der Waals surface area contributed by atoms with Crippen LogP contribution < -0.4 is 15.8 Å². The van der Waals surface area contributed by atoms with Crippen LogP contribution in [-0.2, 0) is 6.54 Å². The molecule has 0 unspecified atom stereocenters. The highest BCUT2D eigenvalue weighted by Crippen LogP contribution is 2.15. The molecule has 0 aromatic carbocycles. The summed E-state index contributed by atoms with van der Waals surface area (Å²) in [5.74, 6) is 0.533. The van der Waals surface area contributed by atoms with Gasteiger partial charge in [0.15, 0.2) is 0 Å². The first kappa shape index (κ1) is 13.5. The van der Waals surface area contributed by atoms with Crippen LogP contribution in [0.1, 0.15) is 24.4 Å². The van der Waals surface area contributed by atoms with Crippen LogP contribution in [0.5, 0.6) is 6.01 Å². The summed E-state index contributed by atoms with van der Waals surface area (Å²) in [7, 11) is 0. The minimum absolute atomic E-state index is 0.0154. The molecule has 102 valence electrons. The molecular formula is C11H16N6OS. The Kier molecular flexibility index (Phi) is 4.10. The van der Waals surface area contributed by atoms with Crippen LogP contribution in [0.3, 0.4) is 0 Å². The number of rotatable bonds is 5. The Bertz CT molecular complexity index is 556. The number of aryl methyl sites for hydroxylation is 1. The summed E-state index contributed by atoms with van der Waals surface area (Å²) in [4.78, 5) is 17.4. The molecule has 0 saturated heterocycles. The van der Waals surface area contributed by atoms with Crippen LogP contribution in [0.25, 0.3) is 0 Å². The van der Waals surface area contributed by atoms with Crippen molar-refractivity contribution < 1.29 is 4.74 Å². The van der Waals surface area contributed by atoms with Gasteiger partial charge in [0.1, 0.15) is 0 Å². The van der Waals surface area contributed by atoms with Crippen molar-refractivity contribution >= 4 is 23.2 Å². The Balaban J connectivity index is 2.07. The summed E-state index contributed by atoms with van der Waals surface area (Å²) in [5, 5.41) is 3.09. The lowest BCUT2D eigenvalue weighted by molar-refractivity contribution is 0.222. The molecule has 0 aliphatic heterocycles. The Labute approximate surface area is 115 Å². The third-order valence-electron chi connectivity index (χ3n) is 2.23. The van der Waals surface area contributed by atoms with Gasteiger partial charge in [0.2, 0.25) is 11.9 Å². The zero-order chi connectivity index (χ0) is 13.8. The number of aromatic nitrogens is 4. The first-order valence-electron chi connectivity index (χ1n) is 5.85. The predicted molar refractivity (Wildman–Crippen MR) is 74.2 cm³/mol. The van der Waals surface area contributed by atoms with E-state index < -0.39 is 0 Å². The van der Waals surface area contributed by atoms with Gasteiger partial charge >= 0.3 is 6.01 Å². The number of nitrogens with one attached hydrogen (secondary N) is 1. The average Bonchev–Trinajstić information content (AvgIpc) is 2.70. The van der Waals surface area contributed by atoms with Crippen LogP contribution in [0.15, 0.2) is 5.51 Å². The molecule has 2 aromatic heterocycles. The van der Waals surface area contributed by atoms with Crippen LogP contribution in [0.4, 0.5) is 11.9 Å². The second-order valence-electron chi connectivity index (χ2n) is 4.18. The van der Waals surface area contributed by atoms with E-state index in [0.717, 1.165) is 10.6 Å². The Hall–Kier alpha value is -1.96. The van der Waals surface area contributed by atoms with E-state index in [2.05, 4.69) is 25.3 Å². The molecule has 8 heteroatoms. The fourth-order valence-corrected chi connectivity index (χ4v) is 2.09. The monoisotopic (exact) mass is 280 g/mol. The lowest BCUT2D eigenvalue weighted by Gasteiger charge is -2.09. The molecule has 0 spiro atoms. The fraction of sp³-hybridized carbons (Fsp3) is 0.455. The third-order valence-corrected chi connectivity index (χ3v) is 3.16. The minimum Gasteiger partial charge on any atom is -0.461 e. The zero-order valence-electron chi connectivity index (χ0n) is 11.0. The molecule has 3 N–H and O–H groups in total. The van der Waals surface area contributed by atoms with E-state index in [1.54, 1.807) is 16.8 Å². The molecule has 2 aromatic rings. The van der Waals surface area contributed by atoms with Crippen molar-refractivity contribution in [3.63, 3.8) is 0 Å². The minimum atomic E-state index is -0.0154. The van der Waals surface area contributed by atoms with Crippen molar-refractivity contribution in [2.24, 2.45) is 0 Å². The third kappa shape index (κ3) is 3.75. The highest BCUT2D eigenvalue weighted by Gasteiger charge is 2.08. The first-order valence-corrected chi connectivity index (χ1v) is 6.73. The standard InChI is InChI=1S/C11H16N6OS/c1-6(2)18-11-16-9(12)15-10(17-11)13-4-8-7(3)14-5-19-8/h5-6H,4H2,1-3H3,(H3,12,13,15,16,17). The second kappa shape index (κ2) is 5.79. The van der Waals surface area contributed by atoms with Crippen LogP contribution in [0.2, 0.25) is 0 Å². The van der Waals surface area contributed by atoms with E-state index in [1.807, 2.05) is 20.8 Å². The summed E-state index contributed by atoms with van der Waals surface area (Å²) in [6.07, 6.45) is -0.0154. The van der Waals surface area contributed by atoms with Crippen molar-refractivity contribution in [3.8, 4) is 6.01 Å². The van der Waals surface area contributed by atoms with Gasteiger partial charge in [0.05, 0.1) is 23.9 Å². The molecule has 2 rings (SSSR count). The van der Waals surface area contributed by atoms with Gasteiger partial charge < -0.3 is 15.8 Å². The zero-order valence-corrected chi connectivity index (χ0v) is 11.9. The summed E-state index contributed by atoms with van der Waals surface area (Å²) in [5.41, 5.74) is 8.43. The van der Waals surface area contributed by atoms with Crippen LogP contribution in [-0.4, -0.2) is 26.0 Å². The lowest BCUT2D eigenvalue weighted by Crippen LogP contribution is -2.12. The number of hydrogen-bond acceptors (Lipinski definition) is 8. The number of thiazole rings is 1. The Morgan fingerprint density at radius 1 is 1.37 bits per heavy atom. The normalized spacial score (nSPS) is 10.7. The van der Waals surface area contributed by atoms with Gasteiger partial charge in [-0.3, -0.25) is 0 Å². The van der Waals surface area contributed by atoms with Gasteiger partial charge in [-0.05, 0) is 20.8 Å². The molecule has 2 heterocycles. The summed E-state index contributed by atoms with van der Waals surface area (Å²) in [6, 6.07) is 0.228. The Morgan fingerprint density at radius 2 is 2.16 bits per heavy atom. The smallest absolute Gasteiger partial charge is 0.323 e. The molecule has 0 radical (unpaired) electrons. The van der Waals surface area contributed by atoms with Crippen molar-refractivity contribution in [2.75, 3.05) is 11.1 Å². The number of nitrogen functional groups attached to an aromatic ring is 1. The number of hydrogen-bond donors (Lipinski definition) is 2. The molecule has 0 aliphatic carbocycles. The molecule has 0 bridgehead atoms. The van der Waals surface area contributed by atoms with Crippen LogP contribution in [0, 0.1) is 6.92 Å². The highest BCUT2D eigenvalue weighted by molar-refractivity contribution is 7.09. The van der Waals surface area contributed by atoms with Gasteiger partial charge in [-0.15, -0.1) is 11.3 Å². The molecule has 0 amide bonds. The predicted octanol–water partition coefficient (Wildman–Crippen LogP) is 1.62. The summed E-state index contributed by atoms with van der Waals surface area (Å²) >= 11 is 1.58. The fourth-order valence-electron chi connectivity index (χ4n) is 1.37. The second-order valence-corrected chi connectivity index (χ2v) is 5.12. The van der Waals surface area contributed by atoms with Crippen molar-refractivity contribution in [2.45, 2.75) is 33.4 Å². The maximum Gasteiger partial charge on any atom is 0.323 e. The molecule has 0 fully saturated rings. The van der Waals surface area contributed by atoms with Crippen molar-refractivity contribution in [3.05, 3.63) is 16.1 Å². The van der Waals surface area contributed by atoms with Gasteiger partial charge in [-0.2, -0.15) is 15.0 Å². The molecule has 0 saturated carbocycles. The largest absolute Gasteiger partial charge is 0.461 e. The summed E-state index contributed by atoms with van der Waals surface area (Å²) in [6.45, 7) is 6.35. The number of nitrogens with two attached hydrogens (primary N) is 1. The van der Waals surface area contributed by atoms with Crippen LogP contribution >= 0.6 is 11.3 Å². The van der Waals surface area contributed by atoms with E-state index in [9.17, 15) is 0 Å². The molecule has 7 nitrogen and oxygen atoms in total. The summed E-state index contributed by atoms with van der Waals surface area (Å²) < 4.78 is 5.40. The van der Waals surface area contributed by atoms with Crippen molar-refractivity contribution in [1.29, 1.82) is 0 Å². The Morgan fingerprint density at radius 3 is 2.79 bits per heavy atom. The quantitative estimate of drug-likeness (QED) is 0.858. The van der Waals surface area contributed by atoms with E-state index in [0.29, 0.717) is 12.5 Å². The van der Waals surface area contributed by atoms with Gasteiger partial charge in [-0.1, -0.05) is 0 Å². The topological polar surface area (TPSA) is 98.8 Å². The van der Waals surface area contributed by atoms with Gasteiger partial charge in [0.25, 0.3) is 0 Å². The van der Waals surface area contributed by atoms with Gasteiger partial charge in [-0.25, -0.2) is 4.98 Å². The van der Waals surface area contributed by atoms with E-state index in [-0.39, 0.29) is 18.1 Å². The average molecular weight is 280 g/mol. The van der Waals surface area contributed by atoms with E-state index >= 15 is 0 Å². The van der Waals surface area contributed by atoms with E-state index in [4.69, 9.17) is 10.5 Å². The van der Waals surface area contributed by atoms with E-state index in [1.165, 1.54) is 0 Å². The SMILES string of the molecule is Cc1ncsc1CNc1nc(N)nc(OC(C)C)n1. The molecule has 0 atom stereocenters. The molecule has 0 aliphatic rings. The lowest BCUT2D eigenvalue weighted by atomic mass is 10.4. The molecule has 19 heavy (non-hydrogen) atoms. The number of nitrogens with zero attached hydrogens (tertiary/aromatic N) is 4. The molecular weight excluding hydrogens is 264 g/mol. The number of anilines is 2. The maximum absolute atomic E-state index is 5.62. The van der Waals surface area contributed by atoms with Crippen molar-refractivity contribution in [1.82, 2.24) is 19.9 Å². The number of ether oxygens (including phenoxy) is 1. The van der Waals surface area contributed by atoms with Gasteiger partial charge in [0, 0.05) is 4.88 Å². The first-order chi connectivity index (χ1) is 9.04. The highest BCUT2D eigenvalue weighted by atomic mass is 32.1.